The van der Waals surface area contributed by atoms with E-state index in [9.17, 15) is 19.2 Å². The van der Waals surface area contributed by atoms with Crippen LogP contribution >= 0.6 is 27.7 Å². The van der Waals surface area contributed by atoms with E-state index in [0.29, 0.717) is 11.3 Å². The number of halogens is 1. The van der Waals surface area contributed by atoms with Crippen molar-refractivity contribution < 1.29 is 37.8 Å². The molecule has 0 spiro atoms. The predicted molar refractivity (Wildman–Crippen MR) is 118 cm³/mol. The topological polar surface area (TPSA) is 112 Å². The van der Waals surface area contributed by atoms with E-state index in [4.69, 9.17) is 13.9 Å². The summed E-state index contributed by atoms with van der Waals surface area (Å²) in [6.45, 7) is 1.50. The van der Waals surface area contributed by atoms with Gasteiger partial charge in [-0.1, -0.05) is 15.9 Å². The van der Waals surface area contributed by atoms with E-state index in [0.717, 1.165) is 21.1 Å². The van der Waals surface area contributed by atoms with Crippen LogP contribution in [0.1, 0.15) is 28.8 Å². The minimum Gasteiger partial charge on any atom is -0.481 e. The van der Waals surface area contributed by atoms with Gasteiger partial charge in [0.2, 0.25) is 5.76 Å². The Labute approximate surface area is 195 Å². The number of imide groups is 1. The van der Waals surface area contributed by atoms with E-state index < -0.39 is 23.1 Å². The van der Waals surface area contributed by atoms with Gasteiger partial charge >= 0.3 is 11.9 Å². The Morgan fingerprint density at radius 3 is 2.72 bits per heavy atom. The number of amides is 2. The highest BCUT2D eigenvalue weighted by atomic mass is 79.9. The summed E-state index contributed by atoms with van der Waals surface area (Å²) in [6.07, 6.45) is 1.51. The van der Waals surface area contributed by atoms with Crippen molar-refractivity contribution in [3.05, 3.63) is 56.8 Å². The van der Waals surface area contributed by atoms with Crippen LogP contribution in [-0.4, -0.2) is 48.3 Å². The monoisotopic (exact) mass is 523 g/mol. The van der Waals surface area contributed by atoms with Crippen molar-refractivity contribution in [2.45, 2.75) is 13.5 Å². The quantitative estimate of drug-likeness (QED) is 0.374. The second kappa shape index (κ2) is 10.5. The molecule has 1 aliphatic heterocycles. The number of ether oxygens (including phenoxy) is 3. The fraction of sp³-hybridized carbons (Fsp3) is 0.238. The summed E-state index contributed by atoms with van der Waals surface area (Å²) < 4.78 is 21.0. The van der Waals surface area contributed by atoms with Gasteiger partial charge in [-0.3, -0.25) is 14.5 Å². The lowest BCUT2D eigenvalue weighted by molar-refractivity contribution is -0.145. The number of hydrogen-bond donors (Lipinski definition) is 0. The molecule has 0 bridgehead atoms. The molecule has 3 rings (SSSR count). The molecular weight excluding hydrogens is 506 g/mol. The first kappa shape index (κ1) is 23.6. The Morgan fingerprint density at radius 2 is 2.00 bits per heavy atom. The van der Waals surface area contributed by atoms with E-state index in [-0.39, 0.29) is 36.2 Å². The van der Waals surface area contributed by atoms with E-state index in [1.807, 2.05) is 0 Å². The van der Waals surface area contributed by atoms with Crippen LogP contribution in [0.3, 0.4) is 0 Å². The number of methoxy groups -OCH3 is 1. The predicted octanol–water partition coefficient (Wildman–Crippen LogP) is 4.01. The lowest BCUT2D eigenvalue weighted by Gasteiger charge is -2.11. The standard InChI is InChI=1S/C21H18BrNO8S/c1-3-29-18(24)11-30-15-6-4-13(22)8-12(15)9-17-19(25)23(21(27)32-17)10-14-5-7-16(31-14)20(26)28-2/h4-9H,3,10-11H2,1-2H3/b17-9+. The average Bonchev–Trinajstić information content (AvgIpc) is 3.33. The number of nitrogens with zero attached hydrogens (tertiary/aromatic N) is 1. The van der Waals surface area contributed by atoms with Crippen molar-refractivity contribution in [2.24, 2.45) is 0 Å². The molecule has 32 heavy (non-hydrogen) atoms. The van der Waals surface area contributed by atoms with Gasteiger partial charge in [0, 0.05) is 10.0 Å². The molecule has 1 aromatic carbocycles. The summed E-state index contributed by atoms with van der Waals surface area (Å²) in [6, 6.07) is 7.96. The summed E-state index contributed by atoms with van der Waals surface area (Å²) >= 11 is 4.12. The van der Waals surface area contributed by atoms with Crippen molar-refractivity contribution in [3.8, 4) is 5.75 Å². The van der Waals surface area contributed by atoms with Crippen molar-refractivity contribution in [1.29, 1.82) is 0 Å². The molecule has 1 fully saturated rings. The third-order valence-corrected chi connectivity index (χ3v) is 5.55. The van der Waals surface area contributed by atoms with Crippen LogP contribution in [0.5, 0.6) is 5.75 Å². The van der Waals surface area contributed by atoms with E-state index in [1.165, 1.54) is 25.3 Å². The fourth-order valence-electron chi connectivity index (χ4n) is 2.71. The lowest BCUT2D eigenvalue weighted by atomic mass is 10.2. The number of thioether (sulfide) groups is 1. The SMILES string of the molecule is CCOC(=O)COc1ccc(Br)cc1/C=C1/SC(=O)N(Cc2ccc(C(=O)OC)o2)C1=O. The van der Waals surface area contributed by atoms with Crippen molar-refractivity contribution in [1.82, 2.24) is 4.90 Å². The molecule has 0 radical (unpaired) electrons. The van der Waals surface area contributed by atoms with Gasteiger partial charge in [-0.25, -0.2) is 9.59 Å². The highest BCUT2D eigenvalue weighted by Crippen LogP contribution is 2.35. The molecule has 2 aromatic rings. The summed E-state index contributed by atoms with van der Waals surface area (Å²) in [5, 5.41) is -0.485. The van der Waals surface area contributed by atoms with Gasteiger partial charge in [0.1, 0.15) is 11.5 Å². The summed E-state index contributed by atoms with van der Waals surface area (Å²) in [5.74, 6) is -1.12. The lowest BCUT2D eigenvalue weighted by Crippen LogP contribution is -2.27. The van der Waals surface area contributed by atoms with Gasteiger partial charge in [0.25, 0.3) is 11.1 Å². The molecule has 2 amide bonds. The van der Waals surface area contributed by atoms with Crippen LogP contribution < -0.4 is 4.74 Å². The first-order chi connectivity index (χ1) is 15.3. The normalized spacial score (nSPS) is 14.7. The maximum absolute atomic E-state index is 12.8. The summed E-state index contributed by atoms with van der Waals surface area (Å²) in [7, 11) is 1.22. The third-order valence-electron chi connectivity index (χ3n) is 4.15. The van der Waals surface area contributed by atoms with E-state index in [2.05, 4.69) is 20.7 Å². The molecular formula is C21H18BrNO8S. The zero-order chi connectivity index (χ0) is 23.3. The van der Waals surface area contributed by atoms with Crippen LogP contribution in [0.2, 0.25) is 0 Å². The van der Waals surface area contributed by atoms with Crippen LogP contribution in [-0.2, 0) is 25.6 Å². The largest absolute Gasteiger partial charge is 0.481 e. The van der Waals surface area contributed by atoms with Crippen LogP contribution in [0.15, 0.2) is 44.1 Å². The summed E-state index contributed by atoms with van der Waals surface area (Å²) in [5.41, 5.74) is 0.500. The Hall–Kier alpha value is -3.05. The van der Waals surface area contributed by atoms with Crippen molar-refractivity contribution in [2.75, 3.05) is 20.3 Å². The Balaban J connectivity index is 1.78. The minimum absolute atomic E-state index is 0.0254. The second-order valence-corrected chi connectivity index (χ2v) is 8.21. The Morgan fingerprint density at radius 1 is 1.22 bits per heavy atom. The maximum Gasteiger partial charge on any atom is 0.373 e. The van der Waals surface area contributed by atoms with Crippen molar-refractivity contribution in [3.63, 3.8) is 0 Å². The fourth-order valence-corrected chi connectivity index (χ4v) is 3.92. The van der Waals surface area contributed by atoms with E-state index in [1.54, 1.807) is 25.1 Å². The molecule has 1 saturated heterocycles. The minimum atomic E-state index is -0.657. The van der Waals surface area contributed by atoms with Gasteiger partial charge in [0.15, 0.2) is 6.61 Å². The van der Waals surface area contributed by atoms with Crippen LogP contribution in [0, 0.1) is 0 Å². The van der Waals surface area contributed by atoms with E-state index >= 15 is 0 Å². The van der Waals surface area contributed by atoms with Crippen molar-refractivity contribution >= 4 is 56.9 Å². The highest BCUT2D eigenvalue weighted by molar-refractivity contribution is 9.10. The highest BCUT2D eigenvalue weighted by Gasteiger charge is 2.36. The van der Waals surface area contributed by atoms with Gasteiger partial charge in [-0.05, 0) is 55.1 Å². The number of carbonyl (C=O) groups is 4. The Bertz CT molecular complexity index is 1090. The zero-order valence-electron chi connectivity index (χ0n) is 17.1. The number of carbonyl (C=O) groups excluding carboxylic acids is 4. The van der Waals surface area contributed by atoms with Gasteiger partial charge in [0.05, 0.1) is 25.2 Å². The zero-order valence-corrected chi connectivity index (χ0v) is 19.5. The number of furan rings is 1. The molecule has 0 N–H and O–H groups in total. The molecule has 0 aliphatic carbocycles. The number of rotatable bonds is 8. The third kappa shape index (κ3) is 5.60. The molecule has 168 valence electrons. The molecule has 1 aliphatic rings. The van der Waals surface area contributed by atoms with Gasteiger partial charge < -0.3 is 18.6 Å². The smallest absolute Gasteiger partial charge is 0.373 e. The van der Waals surface area contributed by atoms with Crippen LogP contribution in [0.25, 0.3) is 6.08 Å². The first-order valence-electron chi connectivity index (χ1n) is 9.32. The molecule has 0 unspecified atom stereocenters. The second-order valence-electron chi connectivity index (χ2n) is 6.30. The molecule has 9 nitrogen and oxygen atoms in total. The Kier molecular flexibility index (Phi) is 7.75. The molecule has 11 heteroatoms. The maximum atomic E-state index is 12.8. The number of hydrogen-bond acceptors (Lipinski definition) is 9. The number of benzene rings is 1. The van der Waals surface area contributed by atoms with Crippen LogP contribution in [0.4, 0.5) is 4.79 Å². The average molecular weight is 524 g/mol. The molecule has 1 aromatic heterocycles. The molecule has 2 heterocycles. The molecule has 0 saturated carbocycles. The first-order valence-corrected chi connectivity index (χ1v) is 10.9. The summed E-state index contributed by atoms with van der Waals surface area (Å²) in [4.78, 5) is 49.5. The van der Waals surface area contributed by atoms with Gasteiger partial charge in [-0.2, -0.15) is 0 Å². The van der Waals surface area contributed by atoms with Gasteiger partial charge in [-0.15, -0.1) is 0 Å². The number of esters is 2. The molecule has 0 atom stereocenters.